The van der Waals surface area contributed by atoms with E-state index in [-0.39, 0.29) is 11.9 Å². The lowest BCUT2D eigenvalue weighted by atomic mass is 10.2. The third kappa shape index (κ3) is 3.91. The van der Waals surface area contributed by atoms with Gasteiger partial charge in [-0.2, -0.15) is 0 Å². The van der Waals surface area contributed by atoms with Gasteiger partial charge in [0.2, 0.25) is 0 Å². The summed E-state index contributed by atoms with van der Waals surface area (Å²) in [4.78, 5) is 0.344. The Bertz CT molecular complexity index is 588. The van der Waals surface area contributed by atoms with Crippen molar-refractivity contribution in [1.29, 1.82) is 0 Å². The molecular formula is C15H20O4S. The number of hydrogen-bond donors (Lipinski definition) is 0. The highest BCUT2D eigenvalue weighted by Crippen LogP contribution is 2.24. The molecule has 1 saturated heterocycles. The molecule has 0 bridgehead atoms. The minimum absolute atomic E-state index is 0.00268. The smallest absolute Gasteiger partial charge is 0.182 e. The van der Waals surface area contributed by atoms with E-state index < -0.39 is 15.6 Å². The number of ether oxygens (including phenoxy) is 2. The van der Waals surface area contributed by atoms with Gasteiger partial charge in [0.25, 0.3) is 0 Å². The first-order valence-corrected chi connectivity index (χ1v) is 8.21. The third-order valence-corrected chi connectivity index (χ3v) is 4.85. The molecule has 0 unspecified atom stereocenters. The molecular weight excluding hydrogens is 276 g/mol. The summed E-state index contributed by atoms with van der Waals surface area (Å²) in [6, 6.07) is 8.47. The second-order valence-electron chi connectivity index (χ2n) is 5.45. The van der Waals surface area contributed by atoms with Crippen LogP contribution in [0.3, 0.4) is 0 Å². The molecule has 2 rings (SSSR count). The van der Waals surface area contributed by atoms with Gasteiger partial charge in [-0.3, -0.25) is 0 Å². The second kappa shape index (κ2) is 5.68. The maximum atomic E-state index is 12.2. The van der Waals surface area contributed by atoms with Crippen molar-refractivity contribution in [3.05, 3.63) is 42.0 Å². The van der Waals surface area contributed by atoms with Crippen molar-refractivity contribution in [2.24, 2.45) is 0 Å². The fraction of sp³-hybridized carbons (Fsp3) is 0.467. The molecule has 4 nitrogen and oxygen atoms in total. The molecule has 1 aliphatic rings. The predicted octanol–water partition coefficient (Wildman–Crippen LogP) is 2.56. The van der Waals surface area contributed by atoms with Crippen LogP contribution in [0.15, 0.2) is 46.9 Å². The van der Waals surface area contributed by atoms with Crippen LogP contribution in [0.25, 0.3) is 0 Å². The van der Waals surface area contributed by atoms with Gasteiger partial charge in [-0.15, -0.1) is 0 Å². The molecule has 0 saturated carbocycles. The average molecular weight is 296 g/mol. The van der Waals surface area contributed by atoms with Crippen molar-refractivity contribution in [3.8, 4) is 0 Å². The molecule has 20 heavy (non-hydrogen) atoms. The Hall–Kier alpha value is -1.17. The lowest BCUT2D eigenvalue weighted by Crippen LogP contribution is -2.21. The van der Waals surface area contributed by atoms with Crippen molar-refractivity contribution >= 4 is 9.84 Å². The van der Waals surface area contributed by atoms with E-state index in [1.54, 1.807) is 37.3 Å². The second-order valence-corrected chi connectivity index (χ2v) is 7.44. The lowest BCUT2D eigenvalue weighted by Gasteiger charge is -2.16. The Morgan fingerprint density at radius 1 is 1.35 bits per heavy atom. The highest BCUT2D eigenvalue weighted by molar-refractivity contribution is 7.91. The molecule has 1 aliphatic heterocycles. The van der Waals surface area contributed by atoms with Crippen LogP contribution in [0.5, 0.6) is 0 Å². The molecule has 0 spiro atoms. The summed E-state index contributed by atoms with van der Waals surface area (Å²) >= 11 is 0. The standard InChI is InChI=1S/C15H20O4S/c1-12(9-13-10-18-15(2,3)19-13)11-20(16,17)14-7-5-4-6-8-14/h4-9,13H,10-11H2,1-3H3/b12-9-/t13-/m0/s1. The third-order valence-electron chi connectivity index (χ3n) is 3.02. The minimum Gasteiger partial charge on any atom is -0.347 e. The Labute approximate surface area is 120 Å². The maximum Gasteiger partial charge on any atom is 0.182 e. The Kier molecular flexibility index (Phi) is 4.32. The molecule has 0 amide bonds. The summed E-state index contributed by atoms with van der Waals surface area (Å²) in [6.45, 7) is 5.94. The molecule has 1 heterocycles. The monoisotopic (exact) mass is 296 g/mol. The first-order valence-electron chi connectivity index (χ1n) is 6.55. The average Bonchev–Trinajstić information content (AvgIpc) is 2.69. The van der Waals surface area contributed by atoms with Gasteiger partial charge < -0.3 is 9.47 Å². The van der Waals surface area contributed by atoms with Gasteiger partial charge in [-0.25, -0.2) is 8.42 Å². The van der Waals surface area contributed by atoms with Crippen LogP contribution in [0.4, 0.5) is 0 Å². The van der Waals surface area contributed by atoms with Gasteiger partial charge in [-0.1, -0.05) is 29.8 Å². The summed E-state index contributed by atoms with van der Waals surface area (Å²) in [5.41, 5.74) is 0.764. The van der Waals surface area contributed by atoms with Crippen molar-refractivity contribution in [3.63, 3.8) is 0 Å². The van der Waals surface area contributed by atoms with E-state index in [1.165, 1.54) is 0 Å². The number of rotatable bonds is 4. The van der Waals surface area contributed by atoms with Gasteiger partial charge in [0.1, 0.15) is 6.10 Å². The molecule has 1 aromatic carbocycles. The van der Waals surface area contributed by atoms with Crippen molar-refractivity contribution in [1.82, 2.24) is 0 Å². The summed E-state index contributed by atoms with van der Waals surface area (Å²) in [5, 5.41) is 0. The normalized spacial score (nSPS) is 22.9. The first-order chi connectivity index (χ1) is 9.28. The number of benzene rings is 1. The van der Waals surface area contributed by atoms with Gasteiger partial charge in [0.15, 0.2) is 15.6 Å². The molecule has 1 atom stereocenters. The van der Waals surface area contributed by atoms with E-state index in [0.717, 1.165) is 5.57 Å². The molecule has 0 aliphatic carbocycles. The van der Waals surface area contributed by atoms with Crippen LogP contribution in [-0.2, 0) is 19.3 Å². The van der Waals surface area contributed by atoms with E-state index in [9.17, 15) is 8.42 Å². The molecule has 0 radical (unpaired) electrons. The Balaban J connectivity index is 2.06. The fourth-order valence-electron chi connectivity index (χ4n) is 2.17. The van der Waals surface area contributed by atoms with Crippen LogP contribution in [0.1, 0.15) is 20.8 Å². The van der Waals surface area contributed by atoms with Gasteiger partial charge in [0, 0.05) is 0 Å². The van der Waals surface area contributed by atoms with E-state index in [1.807, 2.05) is 19.9 Å². The maximum absolute atomic E-state index is 12.2. The zero-order valence-corrected chi connectivity index (χ0v) is 12.8. The minimum atomic E-state index is -3.29. The van der Waals surface area contributed by atoms with E-state index in [0.29, 0.717) is 11.5 Å². The zero-order valence-electron chi connectivity index (χ0n) is 12.0. The van der Waals surface area contributed by atoms with Crippen molar-refractivity contribution in [2.45, 2.75) is 37.6 Å². The summed E-state index contributed by atoms with van der Waals surface area (Å²) in [6.07, 6.45) is 1.64. The van der Waals surface area contributed by atoms with Gasteiger partial charge in [0.05, 0.1) is 17.3 Å². The largest absolute Gasteiger partial charge is 0.347 e. The molecule has 1 aromatic rings. The van der Waals surface area contributed by atoms with Crippen LogP contribution in [0, 0.1) is 0 Å². The molecule has 5 heteroatoms. The van der Waals surface area contributed by atoms with Gasteiger partial charge in [-0.05, 0) is 32.9 Å². The lowest BCUT2D eigenvalue weighted by molar-refractivity contribution is -0.133. The molecule has 110 valence electrons. The molecule has 0 aromatic heterocycles. The first kappa shape index (κ1) is 15.2. The summed E-state index contributed by atoms with van der Waals surface area (Å²) in [7, 11) is -3.29. The van der Waals surface area contributed by atoms with Crippen molar-refractivity contribution in [2.75, 3.05) is 12.4 Å². The predicted molar refractivity (Wildman–Crippen MR) is 77.2 cm³/mol. The SMILES string of the molecule is C/C(=C/[C@H]1COC(C)(C)O1)CS(=O)(=O)c1ccccc1. The Morgan fingerprint density at radius 3 is 2.55 bits per heavy atom. The summed E-state index contributed by atoms with van der Waals surface area (Å²) in [5.74, 6) is -0.600. The zero-order chi connectivity index (χ0) is 14.8. The van der Waals surface area contributed by atoms with Crippen LogP contribution in [-0.4, -0.2) is 32.7 Å². The van der Waals surface area contributed by atoms with Crippen LogP contribution in [0.2, 0.25) is 0 Å². The van der Waals surface area contributed by atoms with E-state index in [4.69, 9.17) is 9.47 Å². The van der Waals surface area contributed by atoms with E-state index in [2.05, 4.69) is 0 Å². The highest BCUT2D eigenvalue weighted by atomic mass is 32.2. The van der Waals surface area contributed by atoms with Crippen molar-refractivity contribution < 1.29 is 17.9 Å². The molecule has 0 N–H and O–H groups in total. The Morgan fingerprint density at radius 2 is 2.00 bits per heavy atom. The van der Waals surface area contributed by atoms with Crippen LogP contribution < -0.4 is 0 Å². The number of hydrogen-bond acceptors (Lipinski definition) is 4. The quantitative estimate of drug-likeness (QED) is 0.801. The highest BCUT2D eigenvalue weighted by Gasteiger charge is 2.31. The molecule has 1 fully saturated rings. The van der Waals surface area contributed by atoms with Gasteiger partial charge >= 0.3 is 0 Å². The van der Waals surface area contributed by atoms with E-state index >= 15 is 0 Å². The number of sulfone groups is 1. The summed E-state index contributed by atoms with van der Waals surface area (Å²) < 4.78 is 35.6. The fourth-order valence-corrected chi connectivity index (χ4v) is 3.61. The van der Waals surface area contributed by atoms with Crippen LogP contribution >= 0.6 is 0 Å². The topological polar surface area (TPSA) is 52.6 Å².